The van der Waals surface area contributed by atoms with Crippen molar-refractivity contribution in [3.05, 3.63) is 29.8 Å². The average molecular weight is 342 g/mol. The van der Waals surface area contributed by atoms with Gasteiger partial charge in [0.15, 0.2) is 0 Å². The molecule has 0 aliphatic heterocycles. The van der Waals surface area contributed by atoms with E-state index in [1.807, 2.05) is 6.07 Å². The summed E-state index contributed by atoms with van der Waals surface area (Å²) in [5.74, 6) is 2.18. The normalized spacial score (nSPS) is 27.0. The van der Waals surface area contributed by atoms with Crippen molar-refractivity contribution in [1.82, 2.24) is 5.32 Å². The zero-order valence-electron chi connectivity index (χ0n) is 14.5. The van der Waals surface area contributed by atoms with Crippen LogP contribution >= 0.6 is 0 Å². The van der Waals surface area contributed by atoms with E-state index in [4.69, 9.17) is 10.00 Å². The number of nitrogens with zero attached hydrogens (tertiary/aromatic N) is 1. The predicted molar refractivity (Wildman–Crippen MR) is 93.8 cm³/mol. The summed E-state index contributed by atoms with van der Waals surface area (Å²) in [6.07, 6.45) is 5.60. The van der Waals surface area contributed by atoms with Crippen molar-refractivity contribution in [3.8, 4) is 11.8 Å². The van der Waals surface area contributed by atoms with Gasteiger partial charge in [0.05, 0.1) is 18.2 Å². The molecule has 1 amide bonds. The van der Waals surface area contributed by atoms with E-state index in [9.17, 15) is 9.90 Å². The second-order valence-electron chi connectivity index (χ2n) is 7.22. The fraction of sp³-hybridized carbons (Fsp3) is 0.600. The number of hydrogen-bond donors (Lipinski definition) is 2. The third kappa shape index (κ3) is 4.32. The Morgan fingerprint density at radius 1 is 1.32 bits per heavy atom. The van der Waals surface area contributed by atoms with E-state index < -0.39 is 0 Å². The van der Waals surface area contributed by atoms with Crippen molar-refractivity contribution in [2.24, 2.45) is 17.8 Å². The number of unbranched alkanes of at least 4 members (excludes halogenated alkanes) is 1. The number of fused-ring (bicyclic) bond motifs is 2. The first kappa shape index (κ1) is 17.8. The Morgan fingerprint density at radius 2 is 2.16 bits per heavy atom. The molecule has 4 unspecified atom stereocenters. The van der Waals surface area contributed by atoms with Crippen LogP contribution in [-0.4, -0.2) is 30.3 Å². The molecule has 3 rings (SSSR count). The highest BCUT2D eigenvalue weighted by atomic mass is 16.5. The lowest BCUT2D eigenvalue weighted by molar-refractivity contribution is -0.122. The Labute approximate surface area is 149 Å². The first-order valence-electron chi connectivity index (χ1n) is 9.24. The number of aliphatic hydroxyl groups excluding tert-OH is 1. The fourth-order valence-electron chi connectivity index (χ4n) is 4.39. The van der Waals surface area contributed by atoms with Crippen LogP contribution in [0.3, 0.4) is 0 Å². The molecule has 0 heterocycles. The van der Waals surface area contributed by atoms with Crippen molar-refractivity contribution in [3.63, 3.8) is 0 Å². The largest absolute Gasteiger partial charge is 0.494 e. The van der Waals surface area contributed by atoms with Gasteiger partial charge < -0.3 is 15.2 Å². The van der Waals surface area contributed by atoms with Crippen molar-refractivity contribution in [2.45, 2.75) is 44.6 Å². The quantitative estimate of drug-likeness (QED) is 0.712. The number of nitrogens with one attached hydrogen (secondary N) is 1. The summed E-state index contributed by atoms with van der Waals surface area (Å²) in [6.45, 7) is 0.720. The van der Waals surface area contributed by atoms with Gasteiger partial charge in [-0.25, -0.2) is 0 Å². The van der Waals surface area contributed by atoms with Crippen molar-refractivity contribution in [1.29, 1.82) is 5.26 Å². The van der Waals surface area contributed by atoms with Crippen LogP contribution < -0.4 is 10.1 Å². The predicted octanol–water partition coefficient (Wildman–Crippen LogP) is 2.63. The van der Waals surface area contributed by atoms with Gasteiger partial charge in [-0.2, -0.15) is 5.26 Å². The maximum absolute atomic E-state index is 12.2. The zero-order valence-corrected chi connectivity index (χ0v) is 14.5. The lowest BCUT2D eigenvalue weighted by atomic mass is 9.85. The Bertz CT molecular complexity index is 640. The molecule has 5 heteroatoms. The number of carbonyl (C=O) groups is 1. The van der Waals surface area contributed by atoms with Crippen molar-refractivity contribution in [2.75, 3.05) is 13.2 Å². The van der Waals surface area contributed by atoms with Crippen LogP contribution in [0.2, 0.25) is 0 Å². The van der Waals surface area contributed by atoms with E-state index in [0.29, 0.717) is 36.2 Å². The summed E-state index contributed by atoms with van der Waals surface area (Å²) in [6, 6.07) is 9.35. The van der Waals surface area contributed by atoms with Crippen LogP contribution in [0, 0.1) is 29.1 Å². The smallest absolute Gasteiger partial charge is 0.220 e. The van der Waals surface area contributed by atoms with Crippen LogP contribution in [0.4, 0.5) is 0 Å². The minimum atomic E-state index is 0.0856. The minimum absolute atomic E-state index is 0.0856. The fourth-order valence-corrected chi connectivity index (χ4v) is 4.39. The first-order chi connectivity index (χ1) is 12.2. The zero-order chi connectivity index (χ0) is 17.6. The van der Waals surface area contributed by atoms with E-state index in [2.05, 4.69) is 11.4 Å². The molecule has 4 atom stereocenters. The molecule has 2 aliphatic carbocycles. The number of hydrogen-bond acceptors (Lipinski definition) is 4. The number of amides is 1. The average Bonchev–Trinajstić information content (AvgIpc) is 3.23. The molecular formula is C20H26N2O3. The number of carbonyl (C=O) groups excluding carboxylic acids is 1. The van der Waals surface area contributed by atoms with Crippen LogP contribution in [-0.2, 0) is 4.79 Å². The minimum Gasteiger partial charge on any atom is -0.494 e. The maximum atomic E-state index is 12.2. The SMILES string of the molecule is N#Cc1cccc(OCCCCC(=O)NC2C3CCC(C3)C2CO)c1. The molecule has 2 fully saturated rings. The molecule has 1 aromatic rings. The Balaban J connectivity index is 1.34. The van der Waals surface area contributed by atoms with Crippen LogP contribution in [0.15, 0.2) is 24.3 Å². The maximum Gasteiger partial charge on any atom is 0.220 e. The Hall–Kier alpha value is -2.06. The number of benzene rings is 1. The summed E-state index contributed by atoms with van der Waals surface area (Å²) in [7, 11) is 0. The van der Waals surface area contributed by atoms with Gasteiger partial charge in [-0.15, -0.1) is 0 Å². The molecule has 0 radical (unpaired) electrons. The summed E-state index contributed by atoms with van der Waals surface area (Å²) in [5, 5.41) is 21.6. The van der Waals surface area contributed by atoms with Gasteiger partial charge in [0, 0.05) is 25.0 Å². The molecule has 0 aromatic heterocycles. The highest BCUT2D eigenvalue weighted by Gasteiger charge is 2.47. The van der Waals surface area contributed by atoms with E-state index >= 15 is 0 Å². The van der Waals surface area contributed by atoms with Gasteiger partial charge in [0.2, 0.25) is 5.91 Å². The topological polar surface area (TPSA) is 82.3 Å². The number of ether oxygens (including phenoxy) is 1. The molecule has 0 spiro atoms. The molecule has 2 saturated carbocycles. The van der Waals surface area contributed by atoms with E-state index in [1.165, 1.54) is 12.8 Å². The lowest BCUT2D eigenvalue weighted by Crippen LogP contribution is -2.45. The first-order valence-corrected chi connectivity index (χ1v) is 9.24. The van der Waals surface area contributed by atoms with E-state index in [-0.39, 0.29) is 24.5 Å². The molecule has 25 heavy (non-hydrogen) atoms. The highest BCUT2D eigenvalue weighted by molar-refractivity contribution is 5.76. The van der Waals surface area contributed by atoms with Gasteiger partial charge >= 0.3 is 0 Å². The third-order valence-corrected chi connectivity index (χ3v) is 5.66. The number of nitriles is 1. The van der Waals surface area contributed by atoms with Gasteiger partial charge in [0.25, 0.3) is 0 Å². The van der Waals surface area contributed by atoms with Gasteiger partial charge in [-0.3, -0.25) is 4.79 Å². The van der Waals surface area contributed by atoms with Crippen LogP contribution in [0.5, 0.6) is 5.75 Å². The van der Waals surface area contributed by atoms with Crippen LogP contribution in [0.25, 0.3) is 0 Å². The summed E-state index contributed by atoms with van der Waals surface area (Å²) in [5.41, 5.74) is 0.584. The van der Waals surface area contributed by atoms with Crippen LogP contribution in [0.1, 0.15) is 44.1 Å². The Kier molecular flexibility index (Phi) is 5.93. The monoisotopic (exact) mass is 342 g/mol. The van der Waals surface area contributed by atoms with Crippen molar-refractivity contribution >= 4 is 5.91 Å². The third-order valence-electron chi connectivity index (χ3n) is 5.66. The molecule has 5 nitrogen and oxygen atoms in total. The lowest BCUT2D eigenvalue weighted by Gasteiger charge is -2.30. The number of aliphatic hydroxyl groups is 1. The molecule has 2 bridgehead atoms. The molecular weight excluding hydrogens is 316 g/mol. The van der Waals surface area contributed by atoms with E-state index in [1.54, 1.807) is 18.2 Å². The second-order valence-corrected chi connectivity index (χ2v) is 7.22. The van der Waals surface area contributed by atoms with Gasteiger partial charge in [-0.1, -0.05) is 6.07 Å². The number of rotatable bonds is 8. The summed E-state index contributed by atoms with van der Waals surface area (Å²) < 4.78 is 5.62. The molecule has 2 N–H and O–H groups in total. The summed E-state index contributed by atoms with van der Waals surface area (Å²) in [4.78, 5) is 12.2. The highest BCUT2D eigenvalue weighted by Crippen LogP contribution is 2.48. The van der Waals surface area contributed by atoms with Crippen molar-refractivity contribution < 1.29 is 14.6 Å². The molecule has 2 aliphatic rings. The van der Waals surface area contributed by atoms with E-state index in [0.717, 1.165) is 19.3 Å². The summed E-state index contributed by atoms with van der Waals surface area (Å²) >= 11 is 0. The van der Waals surface area contributed by atoms with Gasteiger partial charge in [-0.05, 0) is 62.1 Å². The second kappa shape index (κ2) is 8.35. The van der Waals surface area contributed by atoms with Gasteiger partial charge in [0.1, 0.15) is 5.75 Å². The molecule has 1 aromatic carbocycles. The molecule has 0 saturated heterocycles. The molecule has 134 valence electrons. The standard InChI is InChI=1S/C20H26N2O3/c21-12-14-4-3-5-17(10-14)25-9-2-1-6-19(24)22-20-16-8-7-15(11-16)18(20)13-23/h3-5,10,15-16,18,20,23H,1-2,6-9,11,13H2,(H,22,24). The Morgan fingerprint density at radius 3 is 2.96 bits per heavy atom.